The number of aromatic nitrogens is 3. The number of rotatable bonds is 5. The molecule has 0 bridgehead atoms. The molecule has 3 aromatic rings. The Balaban J connectivity index is 1.76. The van der Waals surface area contributed by atoms with Crippen molar-refractivity contribution in [3.05, 3.63) is 68.4 Å². The average Bonchev–Trinajstić information content (AvgIpc) is 3.07. The van der Waals surface area contributed by atoms with Gasteiger partial charge in [-0.15, -0.1) is 11.3 Å². The van der Waals surface area contributed by atoms with Gasteiger partial charge in [-0.3, -0.25) is 9.48 Å². The number of carbonyl (C=O) groups excluding carboxylic acids is 1. The lowest BCUT2D eigenvalue weighted by atomic mass is 10.1. The Labute approximate surface area is 158 Å². The Hall–Kier alpha value is -2.47. The van der Waals surface area contributed by atoms with Gasteiger partial charge in [-0.25, -0.2) is 4.98 Å². The van der Waals surface area contributed by atoms with E-state index in [0.29, 0.717) is 4.88 Å². The van der Waals surface area contributed by atoms with Crippen LogP contribution in [0.25, 0.3) is 0 Å². The number of hydrogen-bond acceptors (Lipinski definition) is 4. The van der Waals surface area contributed by atoms with Crippen molar-refractivity contribution in [1.82, 2.24) is 20.1 Å². The van der Waals surface area contributed by atoms with Crippen LogP contribution in [-0.2, 0) is 13.5 Å². The largest absolute Gasteiger partial charge is 0.345 e. The second-order valence-corrected chi connectivity index (χ2v) is 7.67. The highest BCUT2D eigenvalue weighted by Crippen LogP contribution is 2.24. The third-order valence-electron chi connectivity index (χ3n) is 4.59. The number of nitrogens with zero attached hydrogens (tertiary/aromatic N) is 3. The highest BCUT2D eigenvalue weighted by Gasteiger charge is 2.21. The third kappa shape index (κ3) is 3.70. The van der Waals surface area contributed by atoms with Crippen molar-refractivity contribution in [2.24, 2.45) is 7.05 Å². The summed E-state index contributed by atoms with van der Waals surface area (Å²) in [5.41, 5.74) is 5.07. The molecule has 3 rings (SSSR count). The fraction of sp³-hybridized carbons (Fsp3) is 0.350. The van der Waals surface area contributed by atoms with E-state index in [-0.39, 0.29) is 11.9 Å². The number of aryl methyl sites for hydroxylation is 3. The van der Waals surface area contributed by atoms with E-state index in [9.17, 15) is 4.79 Å². The van der Waals surface area contributed by atoms with Crippen LogP contribution >= 0.6 is 11.3 Å². The summed E-state index contributed by atoms with van der Waals surface area (Å²) >= 11 is 1.47. The molecule has 0 aliphatic rings. The number of nitrogens with one attached hydrogen (secondary N) is 1. The first-order valence-electron chi connectivity index (χ1n) is 8.68. The highest BCUT2D eigenvalue weighted by atomic mass is 32.1. The molecule has 1 atom stereocenters. The number of thiazole rings is 1. The predicted molar refractivity (Wildman–Crippen MR) is 105 cm³/mol. The standard InChI is InChI=1S/C20H24N4OS/c1-12(18-13(2)23-24(5)15(18)4)22-20(25)19-14(3)21-17(26-19)11-16-9-7-6-8-10-16/h6-10,12H,11H2,1-5H3,(H,22,25). The molecule has 0 radical (unpaired) electrons. The highest BCUT2D eigenvalue weighted by molar-refractivity contribution is 7.13. The fourth-order valence-electron chi connectivity index (χ4n) is 3.26. The van der Waals surface area contributed by atoms with E-state index in [1.165, 1.54) is 16.9 Å². The summed E-state index contributed by atoms with van der Waals surface area (Å²) in [6.45, 7) is 7.89. The summed E-state index contributed by atoms with van der Waals surface area (Å²) in [5.74, 6) is -0.0746. The first-order chi connectivity index (χ1) is 12.4. The molecule has 1 N–H and O–H groups in total. The van der Waals surface area contributed by atoms with Crippen LogP contribution in [0.2, 0.25) is 0 Å². The Morgan fingerprint density at radius 1 is 1.19 bits per heavy atom. The van der Waals surface area contributed by atoms with Crippen LogP contribution in [0, 0.1) is 20.8 Å². The molecule has 0 fully saturated rings. The monoisotopic (exact) mass is 368 g/mol. The number of amides is 1. The van der Waals surface area contributed by atoms with E-state index in [1.54, 1.807) is 0 Å². The van der Waals surface area contributed by atoms with Crippen LogP contribution in [0.5, 0.6) is 0 Å². The molecule has 0 aliphatic heterocycles. The Kier molecular flexibility index (Phi) is 5.23. The summed E-state index contributed by atoms with van der Waals surface area (Å²) in [7, 11) is 1.92. The SMILES string of the molecule is Cc1nc(Cc2ccccc2)sc1C(=O)NC(C)c1c(C)nn(C)c1C. The van der Waals surface area contributed by atoms with Crippen molar-refractivity contribution in [3.8, 4) is 0 Å². The molecule has 1 aromatic carbocycles. The summed E-state index contributed by atoms with van der Waals surface area (Å²) in [5, 5.41) is 8.50. The van der Waals surface area contributed by atoms with Crippen molar-refractivity contribution in [2.75, 3.05) is 0 Å². The molecule has 1 amide bonds. The quantitative estimate of drug-likeness (QED) is 0.743. The van der Waals surface area contributed by atoms with Gasteiger partial charge in [-0.1, -0.05) is 30.3 Å². The predicted octanol–water partition coefficient (Wildman–Crippen LogP) is 3.88. The first kappa shape index (κ1) is 18.3. The van der Waals surface area contributed by atoms with Gasteiger partial charge in [0.2, 0.25) is 0 Å². The second-order valence-electron chi connectivity index (χ2n) is 6.59. The second kappa shape index (κ2) is 7.41. The summed E-state index contributed by atoms with van der Waals surface area (Å²) in [6.07, 6.45) is 0.746. The Bertz CT molecular complexity index is 927. The van der Waals surface area contributed by atoms with Crippen LogP contribution in [-0.4, -0.2) is 20.7 Å². The molecule has 2 heterocycles. The zero-order valence-corrected chi connectivity index (χ0v) is 16.6. The van der Waals surface area contributed by atoms with Gasteiger partial charge in [-0.2, -0.15) is 5.10 Å². The van der Waals surface area contributed by atoms with Gasteiger partial charge in [-0.05, 0) is 33.3 Å². The molecule has 6 heteroatoms. The van der Waals surface area contributed by atoms with E-state index in [0.717, 1.165) is 34.1 Å². The van der Waals surface area contributed by atoms with Crippen molar-refractivity contribution >= 4 is 17.2 Å². The molecule has 2 aromatic heterocycles. The molecule has 26 heavy (non-hydrogen) atoms. The van der Waals surface area contributed by atoms with Gasteiger partial charge in [0.05, 0.1) is 22.4 Å². The minimum atomic E-state index is -0.102. The topological polar surface area (TPSA) is 59.8 Å². The molecule has 0 spiro atoms. The van der Waals surface area contributed by atoms with E-state index in [2.05, 4.69) is 27.5 Å². The lowest BCUT2D eigenvalue weighted by Gasteiger charge is -2.14. The Morgan fingerprint density at radius 3 is 2.50 bits per heavy atom. The molecule has 136 valence electrons. The molecule has 1 unspecified atom stereocenters. The number of hydrogen-bond donors (Lipinski definition) is 1. The normalized spacial score (nSPS) is 12.2. The van der Waals surface area contributed by atoms with Crippen LogP contribution < -0.4 is 5.32 Å². The molecular formula is C20H24N4OS. The summed E-state index contributed by atoms with van der Waals surface area (Å²) in [4.78, 5) is 18.0. The fourth-order valence-corrected chi connectivity index (χ4v) is 4.26. The molecular weight excluding hydrogens is 344 g/mol. The van der Waals surface area contributed by atoms with E-state index in [1.807, 2.05) is 57.6 Å². The summed E-state index contributed by atoms with van der Waals surface area (Å²) in [6, 6.07) is 10.1. The maximum atomic E-state index is 12.8. The molecule has 0 saturated carbocycles. The lowest BCUT2D eigenvalue weighted by molar-refractivity contribution is 0.0943. The van der Waals surface area contributed by atoms with Crippen molar-refractivity contribution in [3.63, 3.8) is 0 Å². The smallest absolute Gasteiger partial charge is 0.263 e. The zero-order valence-electron chi connectivity index (χ0n) is 15.8. The van der Waals surface area contributed by atoms with Gasteiger partial charge in [0.25, 0.3) is 5.91 Å². The average molecular weight is 369 g/mol. The van der Waals surface area contributed by atoms with Crippen LogP contribution in [0.4, 0.5) is 0 Å². The zero-order chi connectivity index (χ0) is 18.8. The van der Waals surface area contributed by atoms with E-state index in [4.69, 9.17) is 0 Å². The Morgan fingerprint density at radius 2 is 1.88 bits per heavy atom. The van der Waals surface area contributed by atoms with Crippen LogP contribution in [0.1, 0.15) is 55.9 Å². The van der Waals surface area contributed by atoms with E-state index < -0.39 is 0 Å². The summed E-state index contributed by atoms with van der Waals surface area (Å²) < 4.78 is 1.85. The minimum Gasteiger partial charge on any atom is -0.345 e. The van der Waals surface area contributed by atoms with Gasteiger partial charge < -0.3 is 5.32 Å². The molecule has 5 nitrogen and oxygen atoms in total. The van der Waals surface area contributed by atoms with Crippen molar-refractivity contribution in [1.29, 1.82) is 0 Å². The maximum Gasteiger partial charge on any atom is 0.263 e. The van der Waals surface area contributed by atoms with Crippen LogP contribution in [0.15, 0.2) is 30.3 Å². The van der Waals surface area contributed by atoms with Crippen molar-refractivity contribution < 1.29 is 4.79 Å². The lowest BCUT2D eigenvalue weighted by Crippen LogP contribution is -2.27. The van der Waals surface area contributed by atoms with E-state index >= 15 is 0 Å². The van der Waals surface area contributed by atoms with Crippen molar-refractivity contribution in [2.45, 2.75) is 40.2 Å². The third-order valence-corrected chi connectivity index (χ3v) is 5.75. The van der Waals surface area contributed by atoms with Crippen LogP contribution in [0.3, 0.4) is 0 Å². The van der Waals surface area contributed by atoms with Gasteiger partial charge in [0, 0.05) is 24.7 Å². The first-order valence-corrected chi connectivity index (χ1v) is 9.49. The van der Waals surface area contributed by atoms with Gasteiger partial charge in [0.1, 0.15) is 4.88 Å². The molecule has 0 aliphatic carbocycles. The number of benzene rings is 1. The van der Waals surface area contributed by atoms with Gasteiger partial charge >= 0.3 is 0 Å². The number of carbonyl (C=O) groups is 1. The van der Waals surface area contributed by atoms with Gasteiger partial charge in [0.15, 0.2) is 0 Å². The minimum absolute atomic E-state index is 0.0746. The molecule has 0 saturated heterocycles. The maximum absolute atomic E-state index is 12.8.